The Labute approximate surface area is 112 Å². The number of amides is 2. The van der Waals surface area contributed by atoms with E-state index in [0.717, 1.165) is 5.69 Å². The molecule has 0 spiro atoms. The molecule has 0 aliphatic heterocycles. The van der Waals surface area contributed by atoms with Crippen LogP contribution in [-0.4, -0.2) is 45.1 Å². The first-order valence-electron chi connectivity index (χ1n) is 5.42. The number of hydrogen-bond donors (Lipinski definition) is 1. The van der Waals surface area contributed by atoms with E-state index in [2.05, 4.69) is 10.3 Å². The molecular weight excluding hydrogens is 252 g/mol. The van der Waals surface area contributed by atoms with Crippen LogP contribution in [0.5, 0.6) is 0 Å². The van der Waals surface area contributed by atoms with Crippen molar-refractivity contribution in [3.05, 3.63) is 29.3 Å². The Bertz CT molecular complexity index is 444. The number of benzene rings is 1. The minimum absolute atomic E-state index is 0.226. The number of halogens is 1. The highest BCUT2D eigenvalue weighted by atomic mass is 35.5. The molecule has 6 heteroatoms. The second kappa shape index (κ2) is 6.26. The summed E-state index contributed by atoms with van der Waals surface area (Å²) in [5.41, 5.74) is 0.899. The fourth-order valence-electron chi connectivity index (χ4n) is 1.56. The first-order valence-corrected chi connectivity index (χ1v) is 5.80. The second-order valence-corrected chi connectivity index (χ2v) is 4.11. The van der Waals surface area contributed by atoms with Crippen LogP contribution in [0.3, 0.4) is 0 Å². The zero-order chi connectivity index (χ0) is 13.7. The summed E-state index contributed by atoms with van der Waals surface area (Å²) in [6.07, 6.45) is 0. The minimum atomic E-state index is -0.226. The number of nitrogens with one attached hydrogen (secondary N) is 1. The molecule has 0 aliphatic carbocycles. The van der Waals surface area contributed by atoms with Crippen LogP contribution in [0.1, 0.15) is 0 Å². The van der Waals surface area contributed by atoms with Crippen molar-refractivity contribution >= 4 is 29.3 Å². The number of urea groups is 1. The molecule has 0 fully saturated rings. The molecule has 2 amide bonds. The van der Waals surface area contributed by atoms with Gasteiger partial charge in [-0.05, 0) is 24.3 Å². The minimum Gasteiger partial charge on any atom is -0.341 e. The summed E-state index contributed by atoms with van der Waals surface area (Å²) in [7, 11) is 6.72. The summed E-state index contributed by atoms with van der Waals surface area (Å²) < 4.78 is 0. The van der Waals surface area contributed by atoms with Crippen LogP contribution < -0.4 is 10.2 Å². The van der Waals surface area contributed by atoms with Crippen LogP contribution >= 0.6 is 11.6 Å². The molecule has 1 N–H and O–H groups in total. The topological polar surface area (TPSA) is 47.9 Å². The molecule has 0 unspecified atom stereocenters. The molecule has 0 saturated carbocycles. The first kappa shape index (κ1) is 14.3. The van der Waals surface area contributed by atoms with Crippen molar-refractivity contribution < 1.29 is 4.79 Å². The number of carbonyl (C=O) groups is 1. The molecular formula is C12H17ClN4O. The lowest BCUT2D eigenvalue weighted by Crippen LogP contribution is -2.47. The fourth-order valence-corrected chi connectivity index (χ4v) is 1.69. The lowest BCUT2D eigenvalue weighted by atomic mass is 10.3. The monoisotopic (exact) mass is 268 g/mol. The smallest absolute Gasteiger partial charge is 0.323 e. The van der Waals surface area contributed by atoms with Crippen molar-refractivity contribution in [3.63, 3.8) is 0 Å². The Kier molecular flexibility index (Phi) is 4.97. The number of guanidine groups is 1. The Morgan fingerprint density at radius 2 is 1.83 bits per heavy atom. The third kappa shape index (κ3) is 3.13. The van der Waals surface area contributed by atoms with Crippen LogP contribution in [-0.2, 0) is 0 Å². The van der Waals surface area contributed by atoms with Gasteiger partial charge < -0.3 is 10.2 Å². The van der Waals surface area contributed by atoms with Crippen molar-refractivity contribution in [3.8, 4) is 0 Å². The SMILES string of the molecule is CN=C(N(C)C(=O)NC)N(C)c1ccc(Cl)cc1. The van der Waals surface area contributed by atoms with Gasteiger partial charge in [0.1, 0.15) is 0 Å². The molecule has 1 aromatic carbocycles. The highest BCUT2D eigenvalue weighted by molar-refractivity contribution is 6.30. The van der Waals surface area contributed by atoms with Gasteiger partial charge in [-0.2, -0.15) is 0 Å². The van der Waals surface area contributed by atoms with Gasteiger partial charge in [-0.3, -0.25) is 9.89 Å². The number of aliphatic imine (C=N–C) groups is 1. The molecule has 0 radical (unpaired) electrons. The van der Waals surface area contributed by atoms with Gasteiger partial charge in [0.05, 0.1) is 0 Å². The molecule has 0 aliphatic rings. The molecule has 98 valence electrons. The van der Waals surface area contributed by atoms with Crippen LogP contribution in [0.25, 0.3) is 0 Å². The summed E-state index contributed by atoms with van der Waals surface area (Å²) >= 11 is 5.84. The van der Waals surface area contributed by atoms with Gasteiger partial charge in [0.15, 0.2) is 0 Å². The summed E-state index contributed by atoms with van der Waals surface area (Å²) in [4.78, 5) is 19.0. The van der Waals surface area contributed by atoms with Crippen molar-refractivity contribution in [2.24, 2.45) is 4.99 Å². The van der Waals surface area contributed by atoms with E-state index in [1.165, 1.54) is 4.90 Å². The highest BCUT2D eigenvalue weighted by Gasteiger charge is 2.17. The molecule has 0 heterocycles. The number of carbonyl (C=O) groups excluding carboxylic acids is 1. The Morgan fingerprint density at radius 1 is 1.28 bits per heavy atom. The molecule has 18 heavy (non-hydrogen) atoms. The van der Waals surface area contributed by atoms with Gasteiger partial charge in [0.25, 0.3) is 0 Å². The van der Waals surface area contributed by atoms with E-state index in [-0.39, 0.29) is 6.03 Å². The summed E-state index contributed by atoms with van der Waals surface area (Å²) in [5.74, 6) is 0.539. The van der Waals surface area contributed by atoms with E-state index in [4.69, 9.17) is 11.6 Å². The molecule has 0 bridgehead atoms. The third-order valence-corrected chi connectivity index (χ3v) is 2.78. The van der Waals surface area contributed by atoms with Crippen LogP contribution in [0.15, 0.2) is 29.3 Å². The van der Waals surface area contributed by atoms with Crippen molar-refractivity contribution in [2.75, 3.05) is 33.1 Å². The van der Waals surface area contributed by atoms with E-state index < -0.39 is 0 Å². The van der Waals surface area contributed by atoms with Gasteiger partial charge >= 0.3 is 6.03 Å². The molecule has 5 nitrogen and oxygen atoms in total. The lowest BCUT2D eigenvalue weighted by Gasteiger charge is -2.27. The van der Waals surface area contributed by atoms with Gasteiger partial charge in [0, 0.05) is 38.9 Å². The average molecular weight is 269 g/mol. The predicted molar refractivity (Wildman–Crippen MR) is 75.4 cm³/mol. The normalized spacial score (nSPS) is 11.1. The second-order valence-electron chi connectivity index (χ2n) is 3.67. The van der Waals surface area contributed by atoms with E-state index in [9.17, 15) is 4.79 Å². The number of anilines is 1. The zero-order valence-corrected chi connectivity index (χ0v) is 11.7. The molecule has 0 saturated heterocycles. The van der Waals surface area contributed by atoms with Gasteiger partial charge in [0.2, 0.25) is 5.96 Å². The van der Waals surface area contributed by atoms with Crippen LogP contribution in [0.2, 0.25) is 5.02 Å². The van der Waals surface area contributed by atoms with Gasteiger partial charge in [-0.15, -0.1) is 0 Å². The van der Waals surface area contributed by atoms with Gasteiger partial charge in [-0.25, -0.2) is 4.79 Å². The maximum absolute atomic E-state index is 11.6. The molecule has 0 atom stereocenters. The maximum atomic E-state index is 11.6. The first-order chi connectivity index (χ1) is 8.51. The Morgan fingerprint density at radius 3 is 2.28 bits per heavy atom. The Balaban J connectivity index is 2.96. The summed E-state index contributed by atoms with van der Waals surface area (Å²) in [6, 6.07) is 7.09. The quantitative estimate of drug-likeness (QED) is 0.626. The van der Waals surface area contributed by atoms with E-state index in [0.29, 0.717) is 11.0 Å². The Hall–Kier alpha value is -1.75. The van der Waals surface area contributed by atoms with Crippen molar-refractivity contribution in [1.29, 1.82) is 0 Å². The van der Waals surface area contributed by atoms with E-state index in [1.54, 1.807) is 33.3 Å². The van der Waals surface area contributed by atoms with E-state index >= 15 is 0 Å². The predicted octanol–water partition coefficient (Wildman–Crippen LogP) is 2.03. The number of nitrogens with zero attached hydrogens (tertiary/aromatic N) is 3. The van der Waals surface area contributed by atoms with Gasteiger partial charge in [-0.1, -0.05) is 11.6 Å². The van der Waals surface area contributed by atoms with Crippen molar-refractivity contribution in [2.45, 2.75) is 0 Å². The standard InChI is InChI=1S/C12H17ClN4O/c1-14-11(17(4)12(18)15-2)16(3)10-7-5-9(13)6-8-10/h5-8H,1-4H3,(H,15,18). The molecule has 1 rings (SSSR count). The lowest BCUT2D eigenvalue weighted by molar-refractivity contribution is 0.228. The molecule has 0 aromatic heterocycles. The van der Waals surface area contributed by atoms with Crippen LogP contribution in [0.4, 0.5) is 10.5 Å². The van der Waals surface area contributed by atoms with Crippen molar-refractivity contribution in [1.82, 2.24) is 10.2 Å². The number of hydrogen-bond acceptors (Lipinski definition) is 2. The highest BCUT2D eigenvalue weighted by Crippen LogP contribution is 2.17. The summed E-state index contributed by atoms with van der Waals surface area (Å²) in [6.45, 7) is 0. The van der Waals surface area contributed by atoms with E-state index in [1.807, 2.05) is 24.1 Å². The maximum Gasteiger partial charge on any atom is 0.323 e. The zero-order valence-electron chi connectivity index (χ0n) is 10.9. The third-order valence-electron chi connectivity index (χ3n) is 2.53. The molecule has 1 aromatic rings. The fraction of sp³-hybridized carbons (Fsp3) is 0.333. The summed E-state index contributed by atoms with van der Waals surface area (Å²) in [5, 5.41) is 3.22. The average Bonchev–Trinajstić information content (AvgIpc) is 2.39. The largest absolute Gasteiger partial charge is 0.341 e. The van der Waals surface area contributed by atoms with Crippen LogP contribution in [0, 0.1) is 0 Å². The number of rotatable bonds is 1.